The highest BCUT2D eigenvalue weighted by atomic mass is 35.5. The van der Waals surface area contributed by atoms with Crippen molar-refractivity contribution in [1.29, 1.82) is 0 Å². The third-order valence-corrected chi connectivity index (χ3v) is 7.45. The van der Waals surface area contributed by atoms with E-state index in [9.17, 15) is 29.0 Å². The number of aliphatic hydroxyl groups is 1. The monoisotopic (exact) mass is 562 g/mol. The van der Waals surface area contributed by atoms with Crippen molar-refractivity contribution < 1.29 is 33.3 Å². The second kappa shape index (κ2) is 10.6. The Bertz CT molecular complexity index is 1550. The van der Waals surface area contributed by atoms with Crippen LogP contribution in [0.4, 0.5) is 14.5 Å². The number of nitrogens with zero attached hydrogens (tertiary/aromatic N) is 2. The van der Waals surface area contributed by atoms with Crippen LogP contribution < -0.4 is 15.1 Å². The highest BCUT2D eigenvalue weighted by molar-refractivity contribution is 6.31. The Morgan fingerprint density at radius 2 is 1.85 bits per heavy atom. The summed E-state index contributed by atoms with van der Waals surface area (Å²) in [6, 6.07) is 3.56. The van der Waals surface area contributed by atoms with E-state index < -0.39 is 45.1 Å². The second-order valence-corrected chi connectivity index (χ2v) is 11.0. The van der Waals surface area contributed by atoms with Gasteiger partial charge in [0.15, 0.2) is 5.82 Å². The first-order chi connectivity index (χ1) is 18.3. The molecule has 1 aliphatic heterocycles. The van der Waals surface area contributed by atoms with Gasteiger partial charge in [0.2, 0.25) is 11.3 Å². The zero-order valence-electron chi connectivity index (χ0n) is 22.0. The molecule has 1 fully saturated rings. The summed E-state index contributed by atoms with van der Waals surface area (Å²) >= 11 is 5.98. The number of hydrogen-bond donors (Lipinski definition) is 2. The van der Waals surface area contributed by atoms with Crippen LogP contribution >= 0.6 is 11.6 Å². The summed E-state index contributed by atoms with van der Waals surface area (Å²) in [6.07, 6.45) is 1.78. The van der Waals surface area contributed by atoms with Gasteiger partial charge < -0.3 is 24.4 Å². The predicted molar refractivity (Wildman–Crippen MR) is 143 cm³/mol. The summed E-state index contributed by atoms with van der Waals surface area (Å²) in [4.78, 5) is 38.6. The van der Waals surface area contributed by atoms with Crippen LogP contribution in [0.1, 0.15) is 61.1 Å². The molecule has 0 spiro atoms. The number of aliphatic hydroxyl groups excluding tert-OH is 1. The quantitative estimate of drug-likeness (QED) is 0.395. The van der Waals surface area contributed by atoms with Crippen molar-refractivity contribution in [3.05, 3.63) is 68.0 Å². The molecule has 0 bridgehead atoms. The predicted octanol–water partition coefficient (Wildman–Crippen LogP) is 4.94. The van der Waals surface area contributed by atoms with E-state index in [2.05, 4.69) is 0 Å². The summed E-state index contributed by atoms with van der Waals surface area (Å²) in [5, 5.41) is 19.2. The topological polar surface area (TPSA) is 109 Å². The van der Waals surface area contributed by atoms with Crippen LogP contribution in [0.15, 0.2) is 29.2 Å². The zero-order valence-corrected chi connectivity index (χ0v) is 22.7. The normalized spacial score (nSPS) is 14.8. The van der Waals surface area contributed by atoms with Crippen LogP contribution in [0.5, 0.6) is 5.75 Å². The number of pyridine rings is 1. The van der Waals surface area contributed by atoms with Gasteiger partial charge in [0.1, 0.15) is 22.2 Å². The fourth-order valence-electron chi connectivity index (χ4n) is 5.01. The molecule has 1 saturated heterocycles. The number of methoxy groups -OCH3 is 1. The minimum atomic E-state index is -1.44. The van der Waals surface area contributed by atoms with E-state index in [0.717, 1.165) is 0 Å². The largest absolute Gasteiger partial charge is 0.496 e. The Morgan fingerprint density at radius 3 is 2.38 bits per heavy atom. The van der Waals surface area contributed by atoms with Crippen molar-refractivity contribution in [3.8, 4) is 5.75 Å². The average molecular weight is 563 g/mol. The van der Waals surface area contributed by atoms with Gasteiger partial charge in [-0.2, -0.15) is 0 Å². The number of rotatable bonds is 7. The fourth-order valence-corrected chi connectivity index (χ4v) is 5.23. The van der Waals surface area contributed by atoms with Crippen LogP contribution in [0.25, 0.3) is 10.9 Å². The summed E-state index contributed by atoms with van der Waals surface area (Å²) in [5.41, 5.74) is -1.31. The van der Waals surface area contributed by atoms with Crippen molar-refractivity contribution >= 4 is 40.1 Å². The molecule has 1 aliphatic rings. The first kappa shape index (κ1) is 28.5. The molecule has 2 N–H and O–H groups in total. The minimum Gasteiger partial charge on any atom is -0.496 e. The van der Waals surface area contributed by atoms with E-state index in [1.165, 1.54) is 36.4 Å². The molecule has 11 heteroatoms. The number of carboxylic acid groups (broad SMARTS) is 1. The number of aromatic carboxylic acids is 1. The zero-order chi connectivity index (χ0) is 28.8. The Hall–Kier alpha value is -3.50. The number of halogens is 3. The first-order valence-electron chi connectivity index (χ1n) is 12.4. The molecule has 2 heterocycles. The lowest BCUT2D eigenvalue weighted by molar-refractivity contribution is -0.117. The molecule has 0 unspecified atom stereocenters. The molecule has 1 aromatic heterocycles. The molecule has 0 aliphatic carbocycles. The number of carbonyl (C=O) groups is 2. The molecule has 3 aromatic rings. The maximum absolute atomic E-state index is 15.2. The average Bonchev–Trinajstić information content (AvgIpc) is 3.30. The molecule has 0 radical (unpaired) electrons. The van der Waals surface area contributed by atoms with Gasteiger partial charge in [-0.1, -0.05) is 32.4 Å². The fraction of sp³-hybridized carbons (Fsp3) is 0.393. The van der Waals surface area contributed by atoms with Crippen LogP contribution in [0.3, 0.4) is 0 Å². The van der Waals surface area contributed by atoms with E-state index in [1.54, 1.807) is 4.57 Å². The highest BCUT2D eigenvalue weighted by Crippen LogP contribution is 2.37. The van der Waals surface area contributed by atoms with E-state index >= 15 is 4.39 Å². The smallest absolute Gasteiger partial charge is 0.341 e. The molecular weight excluding hydrogens is 534 g/mol. The maximum Gasteiger partial charge on any atom is 0.341 e. The molecule has 208 valence electrons. The summed E-state index contributed by atoms with van der Waals surface area (Å²) in [6.45, 7) is 5.55. The highest BCUT2D eigenvalue weighted by Gasteiger charge is 2.30. The van der Waals surface area contributed by atoms with Crippen LogP contribution in [-0.4, -0.2) is 46.9 Å². The first-order valence-corrected chi connectivity index (χ1v) is 12.7. The second-order valence-electron chi connectivity index (χ2n) is 10.7. The van der Waals surface area contributed by atoms with Gasteiger partial charge in [0, 0.05) is 37.0 Å². The van der Waals surface area contributed by atoms with Crippen LogP contribution in [0, 0.1) is 17.0 Å². The Balaban J connectivity index is 1.95. The van der Waals surface area contributed by atoms with E-state index in [0.29, 0.717) is 17.5 Å². The number of hydrogen-bond acceptors (Lipinski definition) is 5. The standard InChI is InChI=1S/C28H29ClF2N2O6/c1-28(2,3)21(13-34)33-12-17(27(37)38)26(36)16-9-14(20(39-4)11-18(16)33)8-15-10-19(25(31)23(29)24(15)30)32-7-5-6-22(32)35/h9-12,21,34H,5-8,13H2,1-4H3,(H,37,38)/t21-/m1/s1. The van der Waals surface area contributed by atoms with Gasteiger partial charge in [-0.3, -0.25) is 9.59 Å². The van der Waals surface area contributed by atoms with Gasteiger partial charge >= 0.3 is 5.97 Å². The molecule has 0 saturated carbocycles. The van der Waals surface area contributed by atoms with Gasteiger partial charge in [-0.15, -0.1) is 0 Å². The van der Waals surface area contributed by atoms with Crippen LogP contribution in [-0.2, 0) is 11.2 Å². The Labute approximate surface area is 228 Å². The molecule has 1 atom stereocenters. The van der Waals surface area contributed by atoms with E-state index in [4.69, 9.17) is 16.3 Å². The van der Waals surface area contributed by atoms with Crippen molar-refractivity contribution in [3.63, 3.8) is 0 Å². The van der Waals surface area contributed by atoms with Crippen molar-refractivity contribution in [2.75, 3.05) is 25.2 Å². The molecule has 8 nitrogen and oxygen atoms in total. The van der Waals surface area contributed by atoms with Crippen molar-refractivity contribution in [2.24, 2.45) is 5.41 Å². The van der Waals surface area contributed by atoms with E-state index in [1.807, 2.05) is 20.8 Å². The number of benzene rings is 2. The number of fused-ring (bicyclic) bond motifs is 1. The minimum absolute atomic E-state index is 0.0250. The van der Waals surface area contributed by atoms with Gasteiger partial charge in [-0.05, 0) is 35.1 Å². The molecule has 4 rings (SSSR count). The number of aromatic nitrogens is 1. The van der Waals surface area contributed by atoms with E-state index in [-0.39, 0.29) is 54.3 Å². The van der Waals surface area contributed by atoms with Crippen molar-refractivity contribution in [2.45, 2.75) is 46.1 Å². The summed E-state index contributed by atoms with van der Waals surface area (Å²) in [5.74, 6) is -3.54. The van der Waals surface area contributed by atoms with Gasteiger partial charge in [0.25, 0.3) is 0 Å². The number of ether oxygens (including phenoxy) is 1. The van der Waals surface area contributed by atoms with Gasteiger partial charge in [-0.25, -0.2) is 13.6 Å². The van der Waals surface area contributed by atoms with Gasteiger partial charge in [0.05, 0.1) is 31.0 Å². The number of carbonyl (C=O) groups excluding carboxylic acids is 1. The lowest BCUT2D eigenvalue weighted by Crippen LogP contribution is -2.30. The summed E-state index contributed by atoms with van der Waals surface area (Å²) in [7, 11) is 1.38. The number of anilines is 1. The maximum atomic E-state index is 15.2. The van der Waals surface area contributed by atoms with Crippen LogP contribution in [0.2, 0.25) is 5.02 Å². The third kappa shape index (κ3) is 5.10. The van der Waals surface area contributed by atoms with Crippen molar-refractivity contribution in [1.82, 2.24) is 4.57 Å². The lowest BCUT2D eigenvalue weighted by Gasteiger charge is -2.33. The Morgan fingerprint density at radius 1 is 1.15 bits per heavy atom. The number of amides is 1. The number of carboxylic acids is 1. The Kier molecular flexibility index (Phi) is 7.73. The molecular formula is C28H29ClF2N2O6. The molecule has 1 amide bonds. The third-order valence-electron chi connectivity index (χ3n) is 7.12. The lowest BCUT2D eigenvalue weighted by atomic mass is 9.86. The molecule has 39 heavy (non-hydrogen) atoms. The summed E-state index contributed by atoms with van der Waals surface area (Å²) < 4.78 is 37.1. The SMILES string of the molecule is COc1cc2c(cc1Cc1cc(N3CCCC3=O)c(F)c(Cl)c1F)c(=O)c(C(=O)O)cn2[C@H](CO)C(C)(C)C. The molecule has 2 aromatic carbocycles.